The van der Waals surface area contributed by atoms with E-state index in [1.807, 2.05) is 50.2 Å². The molecule has 0 spiro atoms. The molecule has 5 amide bonds. The van der Waals surface area contributed by atoms with Crippen molar-refractivity contribution in [3.8, 4) is 0 Å². The van der Waals surface area contributed by atoms with Gasteiger partial charge in [-0.05, 0) is 56.2 Å². The van der Waals surface area contributed by atoms with Crippen LogP contribution >= 0.6 is 0 Å². The number of ether oxygens (including phenoxy) is 1. The van der Waals surface area contributed by atoms with Gasteiger partial charge in [0.25, 0.3) is 0 Å². The topological polar surface area (TPSA) is 217 Å². The van der Waals surface area contributed by atoms with Crippen LogP contribution in [0.25, 0.3) is 0 Å². The number of imidazole rings is 1. The van der Waals surface area contributed by atoms with Gasteiger partial charge in [-0.25, -0.2) is 9.78 Å². The van der Waals surface area contributed by atoms with Gasteiger partial charge in [0.2, 0.25) is 23.6 Å². The second-order valence-electron chi connectivity index (χ2n) is 16.4. The number of amides is 5. The predicted molar refractivity (Wildman–Crippen MR) is 219 cm³/mol. The van der Waals surface area contributed by atoms with Crippen LogP contribution in [0.2, 0.25) is 0 Å². The minimum atomic E-state index is -1.30. The van der Waals surface area contributed by atoms with Crippen molar-refractivity contribution in [2.45, 2.75) is 141 Å². The molecule has 15 heteroatoms. The Bertz CT molecular complexity index is 1730. The number of pyridine rings is 1. The molecular weight excluding hydrogens is 741 g/mol. The number of aliphatic hydroxyl groups excluding tert-OH is 1. The van der Waals surface area contributed by atoms with E-state index in [2.05, 4.69) is 41.5 Å². The van der Waals surface area contributed by atoms with Crippen LogP contribution in [0.4, 0.5) is 4.79 Å². The molecule has 58 heavy (non-hydrogen) atoms. The fourth-order valence-corrected chi connectivity index (χ4v) is 7.05. The molecule has 2 heterocycles. The summed E-state index contributed by atoms with van der Waals surface area (Å²) in [5, 5.41) is 25.9. The molecule has 1 fully saturated rings. The van der Waals surface area contributed by atoms with E-state index < -0.39 is 59.7 Å². The van der Waals surface area contributed by atoms with Crippen LogP contribution in [0, 0.1) is 11.8 Å². The van der Waals surface area contributed by atoms with Gasteiger partial charge in [0.05, 0.1) is 24.9 Å². The number of aliphatic hydroxyl groups is 1. The Morgan fingerprint density at radius 3 is 2.17 bits per heavy atom. The van der Waals surface area contributed by atoms with E-state index in [0.717, 1.165) is 43.2 Å². The van der Waals surface area contributed by atoms with Crippen LogP contribution < -0.4 is 26.6 Å². The first-order chi connectivity index (χ1) is 27.7. The number of hydrogen-bond acceptors (Lipinski definition) is 9. The first-order valence-electron chi connectivity index (χ1n) is 20.5. The lowest BCUT2D eigenvalue weighted by atomic mass is 9.83. The molecule has 0 bridgehead atoms. The van der Waals surface area contributed by atoms with E-state index in [1.54, 1.807) is 45.4 Å². The molecule has 0 saturated heterocycles. The molecule has 7 N–H and O–H groups in total. The molecule has 1 aliphatic rings. The molecule has 15 nitrogen and oxygen atoms in total. The van der Waals surface area contributed by atoms with Gasteiger partial charge in [-0.1, -0.05) is 88.8 Å². The number of aromatic amines is 1. The van der Waals surface area contributed by atoms with Gasteiger partial charge in [0.1, 0.15) is 23.7 Å². The fourth-order valence-electron chi connectivity index (χ4n) is 7.05. The molecule has 0 aliphatic heterocycles. The maximum Gasteiger partial charge on any atom is 0.408 e. The summed E-state index contributed by atoms with van der Waals surface area (Å²) in [6.07, 6.45) is 10.1. The van der Waals surface area contributed by atoms with Gasteiger partial charge in [0, 0.05) is 43.7 Å². The lowest BCUT2D eigenvalue weighted by molar-refractivity contribution is -0.132. The van der Waals surface area contributed by atoms with Crippen molar-refractivity contribution in [2.24, 2.45) is 11.8 Å². The van der Waals surface area contributed by atoms with Crippen molar-refractivity contribution < 1.29 is 33.8 Å². The molecule has 3 aromatic rings. The van der Waals surface area contributed by atoms with Crippen LogP contribution in [0.3, 0.4) is 0 Å². The van der Waals surface area contributed by atoms with Crippen molar-refractivity contribution >= 4 is 29.7 Å². The fraction of sp³-hybridized carbons (Fsp3) is 0.558. The quantitative estimate of drug-likeness (QED) is 0.0877. The highest BCUT2D eigenvalue weighted by molar-refractivity contribution is 5.92. The molecule has 2 aromatic heterocycles. The highest BCUT2D eigenvalue weighted by atomic mass is 16.6. The van der Waals surface area contributed by atoms with Crippen LogP contribution in [-0.2, 0) is 43.3 Å². The van der Waals surface area contributed by atoms with Crippen molar-refractivity contribution in [1.29, 1.82) is 0 Å². The average molecular weight is 803 g/mol. The number of aromatic nitrogens is 3. The van der Waals surface area contributed by atoms with E-state index in [1.165, 1.54) is 6.33 Å². The number of nitrogens with one attached hydrogen (secondary N) is 6. The minimum Gasteiger partial charge on any atom is -0.444 e. The Hall–Kier alpha value is -5.31. The predicted octanol–water partition coefficient (Wildman–Crippen LogP) is 4.02. The highest BCUT2D eigenvalue weighted by Gasteiger charge is 2.34. The number of nitrogens with zero attached hydrogens (tertiary/aromatic N) is 2. The minimum absolute atomic E-state index is 0.0273. The summed E-state index contributed by atoms with van der Waals surface area (Å²) >= 11 is 0. The number of carbonyl (C=O) groups excluding carboxylic acids is 5. The second-order valence-corrected chi connectivity index (χ2v) is 16.4. The molecule has 0 unspecified atom stereocenters. The molecule has 316 valence electrons. The zero-order valence-corrected chi connectivity index (χ0v) is 34.5. The number of rotatable bonds is 20. The van der Waals surface area contributed by atoms with Gasteiger partial charge in [-0.2, -0.15) is 0 Å². The lowest BCUT2D eigenvalue weighted by Crippen LogP contribution is -2.58. The van der Waals surface area contributed by atoms with Gasteiger partial charge in [0.15, 0.2) is 0 Å². The van der Waals surface area contributed by atoms with Crippen molar-refractivity contribution in [3.63, 3.8) is 0 Å². The average Bonchev–Trinajstić information content (AvgIpc) is 3.71. The van der Waals surface area contributed by atoms with Crippen molar-refractivity contribution in [3.05, 3.63) is 84.2 Å². The van der Waals surface area contributed by atoms with E-state index in [9.17, 15) is 29.1 Å². The molecule has 4 rings (SSSR count). The molecular formula is C43H62N8O7. The Morgan fingerprint density at radius 1 is 0.845 bits per heavy atom. The first kappa shape index (κ1) is 45.4. The van der Waals surface area contributed by atoms with Crippen LogP contribution in [0.5, 0.6) is 0 Å². The Balaban J connectivity index is 1.51. The normalized spacial score (nSPS) is 16.4. The van der Waals surface area contributed by atoms with Gasteiger partial charge < -0.3 is 41.4 Å². The van der Waals surface area contributed by atoms with Crippen LogP contribution in [0.1, 0.15) is 103 Å². The molecule has 6 atom stereocenters. The largest absolute Gasteiger partial charge is 0.444 e. The van der Waals surface area contributed by atoms with Gasteiger partial charge >= 0.3 is 6.09 Å². The number of carbonyl (C=O) groups is 5. The first-order valence-corrected chi connectivity index (χ1v) is 20.5. The van der Waals surface area contributed by atoms with Crippen molar-refractivity contribution in [2.75, 3.05) is 0 Å². The third kappa shape index (κ3) is 15.6. The van der Waals surface area contributed by atoms with Crippen LogP contribution in [-0.4, -0.2) is 85.7 Å². The zero-order chi connectivity index (χ0) is 42.1. The Labute approximate surface area is 341 Å². The molecule has 1 aliphatic carbocycles. The highest BCUT2D eigenvalue weighted by Crippen LogP contribution is 2.28. The monoisotopic (exact) mass is 802 g/mol. The number of benzene rings is 1. The Kier molecular flexibility index (Phi) is 17.7. The zero-order valence-electron chi connectivity index (χ0n) is 34.5. The van der Waals surface area contributed by atoms with E-state index in [0.29, 0.717) is 18.5 Å². The summed E-state index contributed by atoms with van der Waals surface area (Å²) in [7, 11) is 0. The summed E-state index contributed by atoms with van der Waals surface area (Å²) in [4.78, 5) is 79.2. The van der Waals surface area contributed by atoms with E-state index >= 15 is 0 Å². The number of alkyl carbamates (subject to hydrolysis) is 1. The smallest absolute Gasteiger partial charge is 0.408 e. The summed E-state index contributed by atoms with van der Waals surface area (Å²) in [5.41, 5.74) is 1.36. The SMILES string of the molecule is CC[C@H](C)[C@H](NC(=O)C[C@H](O)[C@H](CC1CCCCC1)NC(=O)[C@H](Cc1cnc[nH]1)NC(=O)[C@H](Cc1ccccc1)NC(=O)OC(C)(C)C)C(=O)NCc1cccnc1. The third-order valence-corrected chi connectivity index (χ3v) is 10.4. The summed E-state index contributed by atoms with van der Waals surface area (Å²) in [6, 6.07) is 8.85. The summed E-state index contributed by atoms with van der Waals surface area (Å²) in [6.45, 7) is 9.21. The number of H-pyrrole nitrogens is 1. The van der Waals surface area contributed by atoms with Gasteiger partial charge in [-0.3, -0.25) is 24.2 Å². The Morgan fingerprint density at radius 2 is 1.53 bits per heavy atom. The third-order valence-electron chi connectivity index (χ3n) is 10.4. The standard InChI is InChI=1S/C43H62N8O7/c1-6-28(2)38(41(56)46-25-31-18-13-19-44-24-31)51-37(53)23-36(52)33(20-29-14-9-7-10-15-29)48-40(55)35(22-32-26-45-27-47-32)49-39(54)34(21-30-16-11-8-12-17-30)50-42(57)58-43(3,4)5/h8,11-13,16-19,24,26-29,33-36,38,52H,6-7,9-10,14-15,20-23,25H2,1-5H3,(H,45,47)(H,46,56)(H,48,55)(H,49,54)(H,50,57)(H,51,53)/t28-,33-,34-,35-,36-,38-/m0/s1. The maximum absolute atomic E-state index is 14.3. The summed E-state index contributed by atoms with van der Waals surface area (Å²) in [5.74, 6) is -2.07. The molecule has 1 aromatic carbocycles. The van der Waals surface area contributed by atoms with E-state index in [4.69, 9.17) is 4.74 Å². The van der Waals surface area contributed by atoms with E-state index in [-0.39, 0.29) is 43.6 Å². The molecule has 0 radical (unpaired) electrons. The number of hydrogen-bond donors (Lipinski definition) is 7. The second kappa shape index (κ2) is 22.6. The lowest BCUT2D eigenvalue weighted by Gasteiger charge is -2.32. The van der Waals surface area contributed by atoms with Gasteiger partial charge in [-0.15, -0.1) is 0 Å². The summed E-state index contributed by atoms with van der Waals surface area (Å²) < 4.78 is 5.46. The molecule has 1 saturated carbocycles. The van der Waals surface area contributed by atoms with Crippen LogP contribution in [0.15, 0.2) is 67.4 Å². The van der Waals surface area contributed by atoms with Crippen molar-refractivity contribution in [1.82, 2.24) is 41.5 Å². The maximum atomic E-state index is 14.3.